The zero-order chi connectivity index (χ0) is 11.1. The monoisotopic (exact) mass is 227 g/mol. The standard InChI is InChI=1S/C11H17NO2S/c1-12-9(7-13)8-15-11-5-3-10(14-2)4-6-11/h3-6,9,12-13H,7-8H2,1-2H3. The fraction of sp³-hybridized carbons (Fsp3) is 0.455. The topological polar surface area (TPSA) is 41.5 Å². The molecule has 0 spiro atoms. The molecule has 1 aromatic carbocycles. The maximum Gasteiger partial charge on any atom is 0.118 e. The van der Waals surface area contributed by atoms with Crippen molar-refractivity contribution in [1.82, 2.24) is 5.32 Å². The van der Waals surface area contributed by atoms with Gasteiger partial charge in [-0.05, 0) is 31.3 Å². The van der Waals surface area contributed by atoms with Gasteiger partial charge in [-0.2, -0.15) is 0 Å². The second-order valence-corrected chi connectivity index (χ2v) is 4.25. The van der Waals surface area contributed by atoms with E-state index < -0.39 is 0 Å². The summed E-state index contributed by atoms with van der Waals surface area (Å²) in [6, 6.07) is 8.07. The van der Waals surface area contributed by atoms with Crippen molar-refractivity contribution in [3.8, 4) is 5.75 Å². The summed E-state index contributed by atoms with van der Waals surface area (Å²) in [5, 5.41) is 12.0. The molecule has 0 fully saturated rings. The van der Waals surface area contributed by atoms with E-state index in [1.165, 1.54) is 4.90 Å². The van der Waals surface area contributed by atoms with Crippen molar-refractivity contribution in [2.75, 3.05) is 26.5 Å². The molecule has 0 aliphatic heterocycles. The number of methoxy groups -OCH3 is 1. The Morgan fingerprint density at radius 3 is 2.53 bits per heavy atom. The average Bonchev–Trinajstić information content (AvgIpc) is 2.31. The van der Waals surface area contributed by atoms with E-state index in [0.717, 1.165) is 11.5 Å². The van der Waals surface area contributed by atoms with Gasteiger partial charge in [0, 0.05) is 16.7 Å². The highest BCUT2D eigenvalue weighted by Gasteiger charge is 2.04. The zero-order valence-corrected chi connectivity index (χ0v) is 9.88. The van der Waals surface area contributed by atoms with Crippen molar-refractivity contribution in [3.63, 3.8) is 0 Å². The molecule has 3 nitrogen and oxygen atoms in total. The third-order valence-electron chi connectivity index (χ3n) is 2.14. The first-order valence-corrected chi connectivity index (χ1v) is 5.83. The fourth-order valence-electron chi connectivity index (χ4n) is 1.10. The van der Waals surface area contributed by atoms with E-state index in [-0.39, 0.29) is 12.6 Å². The summed E-state index contributed by atoms with van der Waals surface area (Å²) in [6.45, 7) is 0.166. The minimum atomic E-state index is 0.150. The minimum Gasteiger partial charge on any atom is -0.497 e. The van der Waals surface area contributed by atoms with Gasteiger partial charge in [-0.15, -0.1) is 11.8 Å². The molecule has 0 saturated heterocycles. The lowest BCUT2D eigenvalue weighted by atomic mass is 10.3. The summed E-state index contributed by atoms with van der Waals surface area (Å²) in [6.07, 6.45) is 0. The van der Waals surface area contributed by atoms with Crippen LogP contribution in [0.3, 0.4) is 0 Å². The molecule has 0 radical (unpaired) electrons. The van der Waals surface area contributed by atoms with Gasteiger partial charge in [0.2, 0.25) is 0 Å². The van der Waals surface area contributed by atoms with Crippen LogP contribution in [0.25, 0.3) is 0 Å². The Morgan fingerprint density at radius 2 is 2.07 bits per heavy atom. The summed E-state index contributed by atoms with van der Waals surface area (Å²) < 4.78 is 5.08. The number of nitrogens with one attached hydrogen (secondary N) is 1. The van der Waals surface area contributed by atoms with Crippen LogP contribution in [0.4, 0.5) is 0 Å². The molecule has 0 aromatic heterocycles. The quantitative estimate of drug-likeness (QED) is 0.720. The molecule has 1 aromatic rings. The van der Waals surface area contributed by atoms with Gasteiger partial charge in [0.25, 0.3) is 0 Å². The van der Waals surface area contributed by atoms with E-state index in [0.29, 0.717) is 0 Å². The molecule has 15 heavy (non-hydrogen) atoms. The van der Waals surface area contributed by atoms with Gasteiger partial charge in [0.15, 0.2) is 0 Å². The maximum absolute atomic E-state index is 8.99. The number of aliphatic hydroxyl groups is 1. The molecule has 84 valence electrons. The molecule has 0 bridgehead atoms. The van der Waals surface area contributed by atoms with Crippen molar-refractivity contribution in [3.05, 3.63) is 24.3 Å². The molecular weight excluding hydrogens is 210 g/mol. The largest absolute Gasteiger partial charge is 0.497 e. The number of thioether (sulfide) groups is 1. The van der Waals surface area contributed by atoms with Crippen LogP contribution in [-0.4, -0.2) is 37.7 Å². The average molecular weight is 227 g/mol. The minimum absolute atomic E-state index is 0.150. The normalized spacial score (nSPS) is 12.5. The Labute approximate surface area is 94.8 Å². The molecule has 0 saturated carbocycles. The van der Waals surface area contributed by atoms with E-state index in [1.807, 2.05) is 31.3 Å². The van der Waals surface area contributed by atoms with E-state index in [2.05, 4.69) is 5.32 Å². The highest BCUT2D eigenvalue weighted by molar-refractivity contribution is 7.99. The molecule has 0 amide bonds. The van der Waals surface area contributed by atoms with Crippen molar-refractivity contribution in [1.29, 1.82) is 0 Å². The maximum atomic E-state index is 8.99. The molecule has 0 aliphatic rings. The van der Waals surface area contributed by atoms with Gasteiger partial charge in [0.05, 0.1) is 13.7 Å². The Balaban J connectivity index is 2.43. The third kappa shape index (κ3) is 4.11. The summed E-state index contributed by atoms with van der Waals surface area (Å²) in [5.41, 5.74) is 0. The lowest BCUT2D eigenvalue weighted by Gasteiger charge is -2.12. The summed E-state index contributed by atoms with van der Waals surface area (Å²) in [4.78, 5) is 1.18. The van der Waals surface area contributed by atoms with Crippen molar-refractivity contribution >= 4 is 11.8 Å². The lowest BCUT2D eigenvalue weighted by molar-refractivity contribution is 0.260. The lowest BCUT2D eigenvalue weighted by Crippen LogP contribution is -2.31. The number of hydrogen-bond donors (Lipinski definition) is 2. The van der Waals surface area contributed by atoms with Gasteiger partial charge in [-0.3, -0.25) is 0 Å². The second-order valence-electron chi connectivity index (χ2n) is 3.15. The molecule has 2 N–H and O–H groups in total. The molecule has 0 heterocycles. The summed E-state index contributed by atoms with van der Waals surface area (Å²) in [5.74, 6) is 1.73. The van der Waals surface area contributed by atoms with Gasteiger partial charge in [0.1, 0.15) is 5.75 Å². The molecule has 0 aliphatic carbocycles. The van der Waals surface area contributed by atoms with Crippen LogP contribution < -0.4 is 10.1 Å². The van der Waals surface area contributed by atoms with Crippen LogP contribution in [-0.2, 0) is 0 Å². The number of ether oxygens (including phenoxy) is 1. The Morgan fingerprint density at radius 1 is 1.40 bits per heavy atom. The predicted octanol–water partition coefficient (Wildman–Crippen LogP) is 1.37. The molecule has 1 rings (SSSR count). The highest BCUT2D eigenvalue weighted by atomic mass is 32.2. The van der Waals surface area contributed by atoms with Crippen molar-refractivity contribution in [2.24, 2.45) is 0 Å². The van der Waals surface area contributed by atoms with Crippen LogP contribution in [0.2, 0.25) is 0 Å². The molecule has 4 heteroatoms. The predicted molar refractivity (Wildman–Crippen MR) is 63.7 cm³/mol. The van der Waals surface area contributed by atoms with Crippen LogP contribution in [0, 0.1) is 0 Å². The Hall–Kier alpha value is -0.710. The molecular formula is C11H17NO2S. The van der Waals surface area contributed by atoms with Crippen LogP contribution in [0.5, 0.6) is 5.75 Å². The number of aliphatic hydroxyl groups excluding tert-OH is 1. The first kappa shape index (κ1) is 12.4. The molecule has 1 atom stereocenters. The summed E-state index contributed by atoms with van der Waals surface area (Å²) in [7, 11) is 3.51. The van der Waals surface area contributed by atoms with Gasteiger partial charge in [-0.25, -0.2) is 0 Å². The third-order valence-corrected chi connectivity index (χ3v) is 3.31. The van der Waals surface area contributed by atoms with Crippen molar-refractivity contribution < 1.29 is 9.84 Å². The first-order chi connectivity index (χ1) is 7.30. The number of benzene rings is 1. The van der Waals surface area contributed by atoms with E-state index in [4.69, 9.17) is 9.84 Å². The fourth-order valence-corrected chi connectivity index (χ4v) is 2.09. The van der Waals surface area contributed by atoms with Crippen LogP contribution in [0.1, 0.15) is 0 Å². The number of likely N-dealkylation sites (N-methyl/N-ethyl adjacent to an activating group) is 1. The zero-order valence-electron chi connectivity index (χ0n) is 9.06. The molecule has 1 unspecified atom stereocenters. The smallest absolute Gasteiger partial charge is 0.118 e. The van der Waals surface area contributed by atoms with Gasteiger partial charge >= 0.3 is 0 Å². The van der Waals surface area contributed by atoms with Crippen LogP contribution in [0.15, 0.2) is 29.2 Å². The highest BCUT2D eigenvalue weighted by Crippen LogP contribution is 2.21. The Kier molecular flexibility index (Phi) is 5.53. The van der Waals surface area contributed by atoms with Crippen molar-refractivity contribution in [2.45, 2.75) is 10.9 Å². The first-order valence-electron chi connectivity index (χ1n) is 4.85. The van der Waals surface area contributed by atoms with Crippen LogP contribution >= 0.6 is 11.8 Å². The SMILES string of the molecule is CNC(CO)CSc1ccc(OC)cc1. The number of hydrogen-bond acceptors (Lipinski definition) is 4. The van der Waals surface area contributed by atoms with Gasteiger partial charge in [-0.1, -0.05) is 0 Å². The number of rotatable bonds is 6. The summed E-state index contributed by atoms with van der Waals surface area (Å²) >= 11 is 1.72. The van der Waals surface area contributed by atoms with E-state index >= 15 is 0 Å². The second kappa shape index (κ2) is 6.71. The van der Waals surface area contributed by atoms with E-state index in [9.17, 15) is 0 Å². The van der Waals surface area contributed by atoms with E-state index in [1.54, 1.807) is 18.9 Å². The van der Waals surface area contributed by atoms with Gasteiger partial charge < -0.3 is 15.2 Å². The Bertz CT molecular complexity index is 272.